The predicted molar refractivity (Wildman–Crippen MR) is 84.9 cm³/mol. The third kappa shape index (κ3) is 3.77. The van der Waals surface area contributed by atoms with E-state index >= 15 is 0 Å². The number of aromatic nitrogens is 1. The molecule has 2 rings (SSSR count). The molecule has 1 atom stereocenters. The molecule has 0 bridgehead atoms. The summed E-state index contributed by atoms with van der Waals surface area (Å²) in [5.41, 5.74) is 5.86. The second-order valence-corrected chi connectivity index (χ2v) is 6.82. The average Bonchev–Trinajstić information content (AvgIpc) is 2.87. The number of thiazole rings is 1. The van der Waals surface area contributed by atoms with E-state index in [9.17, 15) is 4.79 Å². The van der Waals surface area contributed by atoms with E-state index in [0.717, 1.165) is 18.2 Å². The fraction of sp³-hybridized carbons (Fsp3) is 0.667. The number of anilines is 2. The Labute approximate surface area is 127 Å². The highest BCUT2D eigenvalue weighted by molar-refractivity contribution is 7.99. The van der Waals surface area contributed by atoms with Crippen LogP contribution in [0.1, 0.15) is 16.6 Å². The van der Waals surface area contributed by atoms with Gasteiger partial charge in [0.15, 0.2) is 5.13 Å². The third-order valence-electron chi connectivity index (χ3n) is 3.08. The molecule has 1 saturated heterocycles. The van der Waals surface area contributed by atoms with Crippen molar-refractivity contribution >= 4 is 40.0 Å². The second-order valence-electron chi connectivity index (χ2n) is 4.57. The lowest BCUT2D eigenvalue weighted by Gasteiger charge is -2.25. The van der Waals surface area contributed by atoms with E-state index in [0.29, 0.717) is 35.7 Å². The summed E-state index contributed by atoms with van der Waals surface area (Å²) in [6.45, 7) is 5.65. The molecule has 0 spiro atoms. The smallest absolute Gasteiger partial charge is 0.265 e. The van der Waals surface area contributed by atoms with Crippen LogP contribution in [0.15, 0.2) is 0 Å². The van der Waals surface area contributed by atoms with Gasteiger partial charge in [-0.1, -0.05) is 18.3 Å². The summed E-state index contributed by atoms with van der Waals surface area (Å²) in [7, 11) is 0. The Morgan fingerprint density at radius 2 is 2.30 bits per heavy atom. The number of hydrogen-bond acceptors (Lipinski definition) is 7. The number of nitrogen functional groups attached to an aromatic ring is 1. The van der Waals surface area contributed by atoms with Gasteiger partial charge in [-0.25, -0.2) is 4.98 Å². The number of amides is 1. The van der Waals surface area contributed by atoms with Gasteiger partial charge in [-0.2, -0.15) is 11.8 Å². The van der Waals surface area contributed by atoms with Crippen molar-refractivity contribution in [3.63, 3.8) is 0 Å². The highest BCUT2D eigenvalue weighted by atomic mass is 32.2. The number of carbonyl (C=O) groups is 1. The van der Waals surface area contributed by atoms with Crippen LogP contribution in [-0.4, -0.2) is 55.2 Å². The van der Waals surface area contributed by atoms with Crippen LogP contribution >= 0.6 is 23.1 Å². The normalized spacial score (nSPS) is 17.0. The van der Waals surface area contributed by atoms with E-state index in [2.05, 4.69) is 22.1 Å². The van der Waals surface area contributed by atoms with E-state index in [4.69, 9.17) is 10.5 Å². The molecule has 0 saturated carbocycles. The third-order valence-corrected chi connectivity index (χ3v) is 5.18. The van der Waals surface area contributed by atoms with Crippen LogP contribution in [0, 0.1) is 0 Å². The first-order valence-electron chi connectivity index (χ1n) is 6.51. The molecule has 0 radical (unpaired) electrons. The molecule has 8 heteroatoms. The Morgan fingerprint density at radius 3 is 2.95 bits per heavy atom. The van der Waals surface area contributed by atoms with E-state index in [1.165, 1.54) is 11.3 Å². The van der Waals surface area contributed by atoms with Gasteiger partial charge in [-0.3, -0.25) is 4.79 Å². The zero-order chi connectivity index (χ0) is 14.5. The molecule has 2 heterocycles. The molecule has 1 amide bonds. The minimum Gasteiger partial charge on any atom is -0.382 e. The van der Waals surface area contributed by atoms with Crippen LogP contribution in [0.25, 0.3) is 0 Å². The molecule has 6 nitrogen and oxygen atoms in total. The fourth-order valence-corrected chi connectivity index (χ4v) is 2.98. The average molecular weight is 316 g/mol. The maximum atomic E-state index is 12.1. The summed E-state index contributed by atoms with van der Waals surface area (Å²) in [6, 6.07) is 0. The number of nitrogens with zero attached hydrogens (tertiary/aromatic N) is 2. The highest BCUT2D eigenvalue weighted by Gasteiger charge is 2.21. The topological polar surface area (TPSA) is 80.5 Å². The lowest BCUT2D eigenvalue weighted by atomic mass is 10.4. The molecule has 1 aromatic rings. The first-order valence-corrected chi connectivity index (χ1v) is 8.62. The van der Waals surface area contributed by atoms with Gasteiger partial charge in [0.25, 0.3) is 5.91 Å². The van der Waals surface area contributed by atoms with Crippen LogP contribution in [0.4, 0.5) is 10.9 Å². The lowest BCUT2D eigenvalue weighted by Crippen LogP contribution is -2.36. The molecule has 1 aliphatic heterocycles. The number of thioether (sulfide) groups is 1. The molecule has 1 fully saturated rings. The minimum absolute atomic E-state index is 0.139. The number of hydrogen-bond donors (Lipinski definition) is 2. The maximum absolute atomic E-state index is 12.1. The van der Waals surface area contributed by atoms with Crippen molar-refractivity contribution in [1.82, 2.24) is 10.3 Å². The monoisotopic (exact) mass is 316 g/mol. The van der Waals surface area contributed by atoms with Crippen LogP contribution < -0.4 is 16.0 Å². The fourth-order valence-electron chi connectivity index (χ4n) is 1.77. The van der Waals surface area contributed by atoms with Crippen molar-refractivity contribution in [2.75, 3.05) is 49.7 Å². The lowest BCUT2D eigenvalue weighted by molar-refractivity contribution is 0.0959. The number of morpholine rings is 1. The summed E-state index contributed by atoms with van der Waals surface area (Å²) in [5, 5.41) is 4.08. The largest absolute Gasteiger partial charge is 0.382 e. The van der Waals surface area contributed by atoms with Gasteiger partial charge in [0.2, 0.25) is 0 Å². The summed E-state index contributed by atoms with van der Waals surface area (Å²) >= 11 is 3.06. The second kappa shape index (κ2) is 7.14. The van der Waals surface area contributed by atoms with Gasteiger partial charge in [-0.15, -0.1) is 0 Å². The van der Waals surface area contributed by atoms with Gasteiger partial charge in [0.05, 0.1) is 13.2 Å². The summed E-state index contributed by atoms with van der Waals surface area (Å²) in [5.74, 6) is 0.172. The first kappa shape index (κ1) is 15.4. The molecule has 1 aromatic heterocycles. The quantitative estimate of drug-likeness (QED) is 0.845. The van der Waals surface area contributed by atoms with Crippen molar-refractivity contribution in [3.8, 4) is 0 Å². The SMILES string of the molecule is CSC(C)CNC(=O)c1sc(N2CCOCC2)nc1N. The van der Waals surface area contributed by atoms with Crippen molar-refractivity contribution in [2.24, 2.45) is 0 Å². The van der Waals surface area contributed by atoms with Crippen molar-refractivity contribution < 1.29 is 9.53 Å². The Kier molecular flexibility index (Phi) is 5.50. The summed E-state index contributed by atoms with van der Waals surface area (Å²) in [6.07, 6.45) is 2.02. The molecule has 0 aromatic carbocycles. The maximum Gasteiger partial charge on any atom is 0.265 e. The van der Waals surface area contributed by atoms with Crippen LogP contribution in [0.2, 0.25) is 0 Å². The minimum atomic E-state index is -0.139. The van der Waals surface area contributed by atoms with Crippen molar-refractivity contribution in [3.05, 3.63) is 4.88 Å². The van der Waals surface area contributed by atoms with Gasteiger partial charge in [0, 0.05) is 24.9 Å². The molecular formula is C12H20N4O2S2. The summed E-state index contributed by atoms with van der Waals surface area (Å²) in [4.78, 5) is 19.0. The summed E-state index contributed by atoms with van der Waals surface area (Å²) < 4.78 is 5.31. The highest BCUT2D eigenvalue weighted by Crippen LogP contribution is 2.28. The van der Waals surface area contributed by atoms with Gasteiger partial charge in [0.1, 0.15) is 10.7 Å². The number of ether oxygens (including phenoxy) is 1. The van der Waals surface area contributed by atoms with E-state index in [1.807, 2.05) is 6.26 Å². The Bertz CT molecular complexity index is 460. The number of nitrogens with two attached hydrogens (primary N) is 1. The first-order chi connectivity index (χ1) is 9.61. The van der Waals surface area contributed by atoms with Crippen LogP contribution in [-0.2, 0) is 4.74 Å². The van der Waals surface area contributed by atoms with Gasteiger partial charge >= 0.3 is 0 Å². The Balaban J connectivity index is 2.01. The molecule has 1 aliphatic rings. The zero-order valence-electron chi connectivity index (χ0n) is 11.7. The molecule has 112 valence electrons. The van der Waals surface area contributed by atoms with Gasteiger partial charge < -0.3 is 20.7 Å². The van der Waals surface area contributed by atoms with Crippen LogP contribution in [0.5, 0.6) is 0 Å². The van der Waals surface area contributed by atoms with Crippen molar-refractivity contribution in [1.29, 1.82) is 0 Å². The molecule has 3 N–H and O–H groups in total. The van der Waals surface area contributed by atoms with Gasteiger partial charge in [-0.05, 0) is 6.26 Å². The molecule has 1 unspecified atom stereocenters. The molecule has 20 heavy (non-hydrogen) atoms. The molecular weight excluding hydrogens is 296 g/mol. The molecule has 0 aliphatic carbocycles. The van der Waals surface area contributed by atoms with E-state index in [-0.39, 0.29) is 5.91 Å². The standard InChI is InChI=1S/C12H20N4O2S2/c1-8(19-2)7-14-11(17)9-10(13)15-12(20-9)16-3-5-18-6-4-16/h8H,3-7,13H2,1-2H3,(H,14,17). The zero-order valence-corrected chi connectivity index (χ0v) is 13.4. The number of carbonyl (C=O) groups excluding carboxylic acids is 1. The van der Waals surface area contributed by atoms with E-state index in [1.54, 1.807) is 11.8 Å². The van der Waals surface area contributed by atoms with Crippen molar-refractivity contribution in [2.45, 2.75) is 12.2 Å². The number of rotatable bonds is 5. The number of nitrogens with one attached hydrogen (secondary N) is 1. The van der Waals surface area contributed by atoms with E-state index < -0.39 is 0 Å². The Morgan fingerprint density at radius 1 is 1.60 bits per heavy atom. The van der Waals surface area contributed by atoms with Crippen LogP contribution in [0.3, 0.4) is 0 Å². The predicted octanol–water partition coefficient (Wildman–Crippen LogP) is 1.04. The Hall–Kier alpha value is -0.990.